The molecule has 0 saturated carbocycles. The molecule has 0 saturated heterocycles. The summed E-state index contributed by atoms with van der Waals surface area (Å²) < 4.78 is 5.84. The van der Waals surface area contributed by atoms with Crippen molar-refractivity contribution < 1.29 is 24.5 Å². The molecular weight excluding hydrogens is 803 g/mol. The van der Waals surface area contributed by atoms with Crippen LogP contribution in [0.5, 0.6) is 0 Å². The van der Waals surface area contributed by atoms with Crippen molar-refractivity contribution in [2.75, 3.05) is 6.61 Å². The predicted octanol–water partition coefficient (Wildman–Crippen LogP) is 17.0. The van der Waals surface area contributed by atoms with Gasteiger partial charge in [0, 0.05) is 6.42 Å². The van der Waals surface area contributed by atoms with E-state index in [0.717, 1.165) is 70.6 Å². The summed E-state index contributed by atoms with van der Waals surface area (Å²) in [5.74, 6) is -0.624. The molecule has 0 aliphatic carbocycles. The van der Waals surface area contributed by atoms with Crippen LogP contribution in [-0.2, 0) is 14.3 Å². The van der Waals surface area contributed by atoms with Gasteiger partial charge < -0.3 is 20.3 Å². The van der Waals surface area contributed by atoms with Crippen molar-refractivity contribution in [3.05, 3.63) is 72.9 Å². The smallest absolute Gasteiger partial charge is 0.306 e. The number of hydrogen-bond donors (Lipinski definition) is 3. The lowest BCUT2D eigenvalue weighted by Gasteiger charge is -2.23. The Morgan fingerprint density at radius 3 is 1.17 bits per heavy atom. The van der Waals surface area contributed by atoms with E-state index in [0.29, 0.717) is 19.3 Å². The van der Waals surface area contributed by atoms with Gasteiger partial charge in [0.25, 0.3) is 0 Å². The van der Waals surface area contributed by atoms with Gasteiger partial charge in [-0.25, -0.2) is 0 Å². The van der Waals surface area contributed by atoms with Crippen LogP contribution in [0, 0.1) is 0 Å². The molecule has 0 aromatic rings. The highest BCUT2D eigenvalue weighted by atomic mass is 16.5. The number of aliphatic hydroxyl groups is 2. The summed E-state index contributed by atoms with van der Waals surface area (Å²) in [6.07, 6.45) is 67.1. The van der Waals surface area contributed by atoms with E-state index in [1.807, 2.05) is 12.2 Å². The number of amides is 1. The molecule has 0 aliphatic heterocycles. The molecule has 0 radical (unpaired) electrons. The highest BCUT2D eigenvalue weighted by Crippen LogP contribution is 2.17. The van der Waals surface area contributed by atoms with Crippen LogP contribution in [0.1, 0.15) is 265 Å². The third-order valence-electron chi connectivity index (χ3n) is 12.3. The van der Waals surface area contributed by atoms with E-state index in [4.69, 9.17) is 4.74 Å². The number of unbranched alkanes of at least 4 members (excludes halogenated alkanes) is 27. The fraction of sp³-hybridized carbons (Fsp3) is 0.763. The Hall–Kier alpha value is -2.70. The fourth-order valence-corrected chi connectivity index (χ4v) is 8.13. The number of esters is 1. The van der Waals surface area contributed by atoms with Crippen molar-refractivity contribution in [3.8, 4) is 0 Å². The first kappa shape index (κ1) is 62.3. The molecule has 0 fully saturated rings. The van der Waals surface area contributed by atoms with E-state index < -0.39 is 18.2 Å². The van der Waals surface area contributed by atoms with Crippen molar-refractivity contribution >= 4 is 11.9 Å². The average molecular weight is 908 g/mol. The summed E-state index contributed by atoms with van der Waals surface area (Å²) in [7, 11) is 0. The normalized spacial score (nSPS) is 13.7. The van der Waals surface area contributed by atoms with Crippen LogP contribution in [-0.4, -0.2) is 46.9 Å². The minimum absolute atomic E-state index is 0.0468. The topological polar surface area (TPSA) is 95.9 Å². The number of nitrogens with one attached hydrogen (secondary N) is 1. The van der Waals surface area contributed by atoms with Crippen LogP contribution >= 0.6 is 0 Å². The van der Waals surface area contributed by atoms with Crippen LogP contribution < -0.4 is 5.32 Å². The highest BCUT2D eigenvalue weighted by molar-refractivity contribution is 5.78. The number of rotatable bonds is 49. The van der Waals surface area contributed by atoms with Crippen molar-refractivity contribution in [1.82, 2.24) is 5.32 Å². The molecule has 0 bridgehead atoms. The first-order chi connectivity index (χ1) is 32.0. The molecule has 6 nitrogen and oxygen atoms in total. The summed E-state index contributed by atoms with van der Waals surface area (Å²) >= 11 is 0. The van der Waals surface area contributed by atoms with Crippen LogP contribution in [0.3, 0.4) is 0 Å². The lowest BCUT2D eigenvalue weighted by Crippen LogP contribution is -2.46. The second kappa shape index (κ2) is 52.3. The monoisotopic (exact) mass is 908 g/mol. The lowest BCUT2D eigenvalue weighted by atomic mass is 10.0. The SMILES string of the molecule is CC/C=C\C/C=C\C/C=C\C/C=C\C/C=C\C/C=C\C(CC(=O)NC(CO)C(O)CCCCCCCCCCCCCCCCC)OC(=O)CCCCCCCCCCCCCCCC. The first-order valence-corrected chi connectivity index (χ1v) is 27.7. The van der Waals surface area contributed by atoms with E-state index in [9.17, 15) is 19.8 Å². The van der Waals surface area contributed by atoms with Gasteiger partial charge >= 0.3 is 5.97 Å². The zero-order chi connectivity index (χ0) is 47.4. The van der Waals surface area contributed by atoms with E-state index in [1.54, 1.807) is 0 Å². The van der Waals surface area contributed by atoms with Gasteiger partial charge in [0.2, 0.25) is 5.91 Å². The van der Waals surface area contributed by atoms with Gasteiger partial charge in [-0.2, -0.15) is 0 Å². The molecule has 6 heteroatoms. The molecular formula is C59H105NO5. The van der Waals surface area contributed by atoms with Crippen LogP contribution in [0.15, 0.2) is 72.9 Å². The second-order valence-corrected chi connectivity index (χ2v) is 18.6. The number of hydrogen-bond acceptors (Lipinski definition) is 5. The minimum atomic E-state index is -0.821. The lowest BCUT2D eigenvalue weighted by molar-refractivity contribution is -0.148. The number of aliphatic hydroxyl groups excluding tert-OH is 2. The quantitative estimate of drug-likeness (QED) is 0.0321. The van der Waals surface area contributed by atoms with Gasteiger partial charge in [0.1, 0.15) is 6.10 Å². The van der Waals surface area contributed by atoms with Crippen LogP contribution in [0.4, 0.5) is 0 Å². The molecule has 0 aromatic heterocycles. The van der Waals surface area contributed by atoms with Gasteiger partial charge in [0.15, 0.2) is 0 Å². The predicted molar refractivity (Wildman–Crippen MR) is 282 cm³/mol. The number of carbonyl (C=O) groups excluding carboxylic acids is 2. The van der Waals surface area contributed by atoms with Crippen LogP contribution in [0.25, 0.3) is 0 Å². The van der Waals surface area contributed by atoms with E-state index in [1.165, 1.54) is 148 Å². The van der Waals surface area contributed by atoms with Crippen molar-refractivity contribution in [3.63, 3.8) is 0 Å². The molecule has 3 unspecified atom stereocenters. The molecule has 1 amide bonds. The van der Waals surface area contributed by atoms with E-state index in [-0.39, 0.29) is 24.9 Å². The third kappa shape index (κ3) is 47.6. The average Bonchev–Trinajstić information content (AvgIpc) is 3.30. The van der Waals surface area contributed by atoms with E-state index in [2.05, 4.69) is 86.8 Å². The Morgan fingerprint density at radius 2 is 0.800 bits per heavy atom. The summed E-state index contributed by atoms with van der Waals surface area (Å²) in [6.45, 7) is 6.35. The van der Waals surface area contributed by atoms with E-state index >= 15 is 0 Å². The highest BCUT2D eigenvalue weighted by Gasteiger charge is 2.23. The van der Waals surface area contributed by atoms with Gasteiger partial charge in [0.05, 0.1) is 25.2 Å². The number of ether oxygens (including phenoxy) is 1. The maximum absolute atomic E-state index is 13.2. The van der Waals surface area contributed by atoms with Gasteiger partial charge in [-0.05, 0) is 57.4 Å². The Morgan fingerprint density at radius 1 is 0.462 bits per heavy atom. The Labute approximate surface area is 402 Å². The van der Waals surface area contributed by atoms with Crippen molar-refractivity contribution in [1.29, 1.82) is 0 Å². The molecule has 3 atom stereocenters. The van der Waals surface area contributed by atoms with Crippen molar-refractivity contribution in [2.24, 2.45) is 0 Å². The first-order valence-electron chi connectivity index (χ1n) is 27.7. The Bertz CT molecular complexity index is 1200. The molecule has 376 valence electrons. The third-order valence-corrected chi connectivity index (χ3v) is 12.3. The fourth-order valence-electron chi connectivity index (χ4n) is 8.13. The standard InChI is InChI=1S/C59H105NO5/c1-4-7-10-13-16-19-22-25-28-29-31-32-35-38-41-44-47-50-55(65-59(64)52-49-46-43-40-37-34-27-24-21-18-15-12-9-6-3)53-58(63)60-56(54-61)57(62)51-48-45-42-39-36-33-30-26-23-20-17-14-11-8-5-2/h7,10,16,19,25,28,31-32,38,41,47,50,55-57,61-62H,4-6,8-9,11-15,17-18,20-24,26-27,29-30,33-37,39-40,42-46,48-49,51-54H2,1-3H3,(H,60,63)/b10-7-,19-16-,28-25-,32-31-,41-38-,50-47-. The summed E-state index contributed by atoms with van der Waals surface area (Å²) in [4.78, 5) is 26.2. The van der Waals surface area contributed by atoms with Gasteiger partial charge in [-0.1, -0.05) is 267 Å². The largest absolute Gasteiger partial charge is 0.458 e. The molecule has 0 heterocycles. The zero-order valence-corrected chi connectivity index (χ0v) is 42.9. The molecule has 65 heavy (non-hydrogen) atoms. The van der Waals surface area contributed by atoms with Gasteiger partial charge in [-0.3, -0.25) is 9.59 Å². The summed E-state index contributed by atoms with van der Waals surface area (Å²) in [5, 5.41) is 23.8. The maximum Gasteiger partial charge on any atom is 0.306 e. The Kier molecular flexibility index (Phi) is 50.1. The molecule has 0 rings (SSSR count). The van der Waals surface area contributed by atoms with Crippen molar-refractivity contribution in [2.45, 2.75) is 283 Å². The molecule has 3 N–H and O–H groups in total. The number of carbonyl (C=O) groups is 2. The molecule has 0 spiro atoms. The van der Waals surface area contributed by atoms with Crippen LogP contribution in [0.2, 0.25) is 0 Å². The molecule has 0 aliphatic rings. The summed E-state index contributed by atoms with van der Waals surface area (Å²) in [5.41, 5.74) is 0. The number of allylic oxidation sites excluding steroid dienone is 11. The second-order valence-electron chi connectivity index (χ2n) is 18.6. The van der Waals surface area contributed by atoms with Gasteiger partial charge in [-0.15, -0.1) is 0 Å². The molecule has 0 aromatic carbocycles. The summed E-state index contributed by atoms with van der Waals surface area (Å²) in [6, 6.07) is -0.744. The Balaban J connectivity index is 4.72. The minimum Gasteiger partial charge on any atom is -0.458 e. The zero-order valence-electron chi connectivity index (χ0n) is 42.9. The maximum atomic E-state index is 13.2.